The van der Waals surface area contributed by atoms with Gasteiger partial charge in [-0.2, -0.15) is 9.78 Å². The number of carboxylic acids is 1. The molecule has 3 aromatic carbocycles. The van der Waals surface area contributed by atoms with Crippen LogP contribution in [0, 0.1) is 27.7 Å². The van der Waals surface area contributed by atoms with Crippen molar-refractivity contribution in [1.82, 2.24) is 14.2 Å². The number of rotatable bonds is 8. The number of aryl methyl sites for hydroxylation is 2. The standard InChI is InChI=1S/C35H36N4O4/c1-8-43-32-16-21(4)29(18-28(32)20(2)3)33-37-30-14-10-9-12-27(30)34(40)39(33)36-19-25-17-22(5)38(24(25)7)31-15-11-13-26(23(31)6)35(41)42/h9-20H,8H2,1-7H3,(H,41,42). The molecule has 0 saturated carbocycles. The predicted molar refractivity (Wildman–Crippen MR) is 171 cm³/mol. The number of carbonyl (C=O) groups is 1. The third-order valence-electron chi connectivity index (χ3n) is 7.83. The quantitative estimate of drug-likeness (QED) is 0.197. The van der Waals surface area contributed by atoms with Gasteiger partial charge in [0.1, 0.15) is 5.75 Å². The second-order valence-corrected chi connectivity index (χ2v) is 11.0. The van der Waals surface area contributed by atoms with E-state index in [-0.39, 0.29) is 17.0 Å². The van der Waals surface area contributed by atoms with Gasteiger partial charge in [0.25, 0.3) is 5.56 Å². The molecule has 0 aliphatic heterocycles. The first kappa shape index (κ1) is 29.5. The predicted octanol–water partition coefficient (Wildman–Crippen LogP) is 7.19. The van der Waals surface area contributed by atoms with E-state index in [1.54, 1.807) is 24.4 Å². The smallest absolute Gasteiger partial charge is 0.336 e. The van der Waals surface area contributed by atoms with Crippen LogP contribution < -0.4 is 10.3 Å². The van der Waals surface area contributed by atoms with Crippen LogP contribution in [-0.4, -0.2) is 38.1 Å². The number of fused-ring (bicyclic) bond motifs is 1. The zero-order valence-electron chi connectivity index (χ0n) is 25.6. The molecular formula is C35H36N4O4. The highest BCUT2D eigenvalue weighted by Gasteiger charge is 2.20. The number of hydrogen-bond donors (Lipinski definition) is 1. The molecule has 0 atom stereocenters. The SMILES string of the molecule is CCOc1cc(C)c(-c2nc3ccccc3c(=O)n2N=Cc2cc(C)n(-c3cccc(C(=O)O)c3C)c2C)cc1C(C)C. The lowest BCUT2D eigenvalue weighted by Crippen LogP contribution is -2.21. The second kappa shape index (κ2) is 11.7. The number of hydrogen-bond acceptors (Lipinski definition) is 5. The average molecular weight is 577 g/mol. The van der Waals surface area contributed by atoms with Crippen molar-refractivity contribution in [2.45, 2.75) is 54.4 Å². The molecule has 0 spiro atoms. The van der Waals surface area contributed by atoms with Crippen LogP contribution in [0.25, 0.3) is 28.0 Å². The molecule has 0 aliphatic rings. The van der Waals surface area contributed by atoms with E-state index in [0.29, 0.717) is 28.9 Å². The van der Waals surface area contributed by atoms with E-state index < -0.39 is 5.97 Å². The molecule has 220 valence electrons. The highest BCUT2D eigenvalue weighted by molar-refractivity contribution is 5.90. The third kappa shape index (κ3) is 5.36. The highest BCUT2D eigenvalue weighted by atomic mass is 16.5. The molecule has 2 aromatic heterocycles. The molecule has 0 unspecified atom stereocenters. The van der Waals surface area contributed by atoms with Crippen LogP contribution in [0.5, 0.6) is 5.75 Å². The van der Waals surface area contributed by atoms with Crippen LogP contribution in [0.3, 0.4) is 0 Å². The van der Waals surface area contributed by atoms with Crippen LogP contribution in [0.15, 0.2) is 70.6 Å². The van der Waals surface area contributed by atoms with Gasteiger partial charge in [-0.3, -0.25) is 4.79 Å². The average Bonchev–Trinajstić information content (AvgIpc) is 3.25. The first-order chi connectivity index (χ1) is 20.5. The molecule has 5 aromatic rings. The Labute approximate surface area is 250 Å². The maximum Gasteiger partial charge on any atom is 0.336 e. The molecule has 0 amide bonds. The van der Waals surface area contributed by atoms with E-state index in [1.807, 2.05) is 75.6 Å². The molecule has 0 saturated heterocycles. The Kier molecular flexibility index (Phi) is 8.04. The summed E-state index contributed by atoms with van der Waals surface area (Å²) in [6, 6.07) is 18.6. The molecule has 0 bridgehead atoms. The van der Waals surface area contributed by atoms with Gasteiger partial charge in [-0.25, -0.2) is 9.78 Å². The lowest BCUT2D eigenvalue weighted by molar-refractivity contribution is 0.0696. The lowest BCUT2D eigenvalue weighted by atomic mass is 9.96. The Bertz CT molecular complexity index is 1960. The Morgan fingerprint density at radius 2 is 1.79 bits per heavy atom. The summed E-state index contributed by atoms with van der Waals surface area (Å²) >= 11 is 0. The second-order valence-electron chi connectivity index (χ2n) is 11.0. The van der Waals surface area contributed by atoms with Crippen molar-refractivity contribution in [3.05, 3.63) is 110 Å². The van der Waals surface area contributed by atoms with Crippen molar-refractivity contribution < 1.29 is 14.6 Å². The number of benzene rings is 3. The minimum atomic E-state index is -0.968. The number of aromatic carboxylic acids is 1. The van der Waals surface area contributed by atoms with Crippen molar-refractivity contribution in [3.63, 3.8) is 0 Å². The molecule has 0 fully saturated rings. The van der Waals surface area contributed by atoms with Crippen LogP contribution in [-0.2, 0) is 0 Å². The zero-order chi connectivity index (χ0) is 31.0. The Morgan fingerprint density at radius 3 is 2.49 bits per heavy atom. The van der Waals surface area contributed by atoms with E-state index in [9.17, 15) is 14.7 Å². The number of nitrogens with zero attached hydrogens (tertiary/aromatic N) is 4. The summed E-state index contributed by atoms with van der Waals surface area (Å²) in [5, 5.41) is 14.9. The first-order valence-electron chi connectivity index (χ1n) is 14.4. The van der Waals surface area contributed by atoms with Crippen molar-refractivity contribution in [1.29, 1.82) is 0 Å². The Hall–Kier alpha value is -4.98. The molecular weight excluding hydrogens is 540 g/mol. The van der Waals surface area contributed by atoms with Gasteiger partial charge < -0.3 is 14.4 Å². The Morgan fingerprint density at radius 1 is 1.05 bits per heavy atom. The normalized spacial score (nSPS) is 11.6. The summed E-state index contributed by atoms with van der Waals surface area (Å²) in [5.74, 6) is 0.496. The number of para-hydroxylation sites is 1. The topological polar surface area (TPSA) is 98.7 Å². The molecule has 43 heavy (non-hydrogen) atoms. The van der Waals surface area contributed by atoms with Crippen LogP contribution in [0.4, 0.5) is 0 Å². The fourth-order valence-corrected chi connectivity index (χ4v) is 5.58. The number of aromatic nitrogens is 3. The maximum absolute atomic E-state index is 13.9. The third-order valence-corrected chi connectivity index (χ3v) is 7.83. The van der Waals surface area contributed by atoms with E-state index in [4.69, 9.17) is 14.8 Å². The fraction of sp³-hybridized carbons (Fsp3) is 0.257. The van der Waals surface area contributed by atoms with Gasteiger partial charge in [-0.05, 0) is 99.7 Å². The van der Waals surface area contributed by atoms with Crippen LogP contribution in [0.2, 0.25) is 0 Å². The molecule has 0 aliphatic carbocycles. The zero-order valence-corrected chi connectivity index (χ0v) is 25.6. The van der Waals surface area contributed by atoms with E-state index >= 15 is 0 Å². The summed E-state index contributed by atoms with van der Waals surface area (Å²) in [4.78, 5) is 30.6. The summed E-state index contributed by atoms with van der Waals surface area (Å²) in [7, 11) is 0. The van der Waals surface area contributed by atoms with Gasteiger partial charge >= 0.3 is 5.97 Å². The van der Waals surface area contributed by atoms with Gasteiger partial charge in [-0.1, -0.05) is 32.0 Å². The van der Waals surface area contributed by atoms with Crippen molar-refractivity contribution in [2.24, 2.45) is 5.10 Å². The minimum Gasteiger partial charge on any atom is -0.494 e. The van der Waals surface area contributed by atoms with E-state index in [2.05, 4.69) is 19.9 Å². The van der Waals surface area contributed by atoms with Crippen LogP contribution in [0.1, 0.15) is 70.7 Å². The summed E-state index contributed by atoms with van der Waals surface area (Å²) in [5.41, 5.74) is 7.38. The monoisotopic (exact) mass is 576 g/mol. The largest absolute Gasteiger partial charge is 0.494 e. The molecule has 1 N–H and O–H groups in total. The van der Waals surface area contributed by atoms with E-state index in [1.165, 1.54) is 4.68 Å². The van der Waals surface area contributed by atoms with Gasteiger partial charge in [-0.15, -0.1) is 0 Å². The molecule has 8 heteroatoms. The first-order valence-corrected chi connectivity index (χ1v) is 14.4. The van der Waals surface area contributed by atoms with Gasteiger partial charge in [0.05, 0.1) is 29.3 Å². The minimum absolute atomic E-state index is 0.193. The van der Waals surface area contributed by atoms with Crippen molar-refractivity contribution in [2.75, 3.05) is 6.61 Å². The van der Waals surface area contributed by atoms with Gasteiger partial charge in [0.15, 0.2) is 5.82 Å². The highest BCUT2D eigenvalue weighted by Crippen LogP contribution is 2.34. The van der Waals surface area contributed by atoms with Gasteiger partial charge in [0.2, 0.25) is 0 Å². The number of carboxylic acid groups (broad SMARTS) is 1. The Balaban J connectivity index is 1.70. The lowest BCUT2D eigenvalue weighted by Gasteiger charge is -2.18. The summed E-state index contributed by atoms with van der Waals surface area (Å²) in [6.07, 6.45) is 1.67. The van der Waals surface area contributed by atoms with Gasteiger partial charge in [0, 0.05) is 28.2 Å². The summed E-state index contributed by atoms with van der Waals surface area (Å²) < 4.78 is 9.32. The van der Waals surface area contributed by atoms with Crippen molar-refractivity contribution in [3.8, 4) is 22.8 Å². The molecule has 5 rings (SSSR count). The number of ether oxygens (including phenoxy) is 1. The van der Waals surface area contributed by atoms with E-state index in [0.717, 1.165) is 45.1 Å². The fourth-order valence-electron chi connectivity index (χ4n) is 5.58. The molecule has 8 nitrogen and oxygen atoms in total. The molecule has 2 heterocycles. The van der Waals surface area contributed by atoms with Crippen molar-refractivity contribution >= 4 is 23.1 Å². The summed E-state index contributed by atoms with van der Waals surface area (Å²) in [6.45, 7) is 14.4. The molecule has 0 radical (unpaired) electrons. The maximum atomic E-state index is 13.9. The van der Waals surface area contributed by atoms with Crippen LogP contribution >= 0.6 is 0 Å².